The number of imide groups is 1. The van der Waals surface area contributed by atoms with Crippen LogP contribution in [0.2, 0.25) is 0 Å². The molecule has 140 valence electrons. The number of quaternary nitrogens is 1. The van der Waals surface area contributed by atoms with Crippen LogP contribution >= 0.6 is 0 Å². The molecule has 1 aromatic heterocycles. The number of piperidine rings is 1. The van der Waals surface area contributed by atoms with Crippen LogP contribution in [-0.2, 0) is 4.79 Å². The Labute approximate surface area is 152 Å². The number of nitrogens with two attached hydrogens (primary N) is 2. The molecule has 0 bridgehead atoms. The molecule has 1 aromatic rings. The summed E-state index contributed by atoms with van der Waals surface area (Å²) >= 11 is 0. The van der Waals surface area contributed by atoms with E-state index >= 15 is 0 Å². The summed E-state index contributed by atoms with van der Waals surface area (Å²) in [6.07, 6.45) is 4.67. The van der Waals surface area contributed by atoms with Crippen molar-refractivity contribution in [3.8, 4) is 0 Å². The van der Waals surface area contributed by atoms with Gasteiger partial charge in [-0.05, 0) is 45.0 Å². The number of likely N-dealkylation sites (tertiary alicyclic amines) is 2. The average molecular weight is 360 g/mol. The fraction of sp³-hybridized carbons (Fsp3) is 0.556. The van der Waals surface area contributed by atoms with Crippen LogP contribution < -0.4 is 11.5 Å². The minimum Gasteiger partial charge on any atom is -0.369 e. The molecular formula is C18H26N5O3+. The first kappa shape index (κ1) is 18.5. The van der Waals surface area contributed by atoms with Gasteiger partial charge in [0, 0.05) is 11.9 Å². The van der Waals surface area contributed by atoms with E-state index in [1.165, 1.54) is 6.20 Å². The zero-order chi connectivity index (χ0) is 18.9. The van der Waals surface area contributed by atoms with Crippen LogP contribution in [0.15, 0.2) is 18.3 Å². The molecule has 26 heavy (non-hydrogen) atoms. The molecule has 4 amide bonds. The molecule has 2 saturated heterocycles. The van der Waals surface area contributed by atoms with Crippen LogP contribution in [-0.4, -0.2) is 64.4 Å². The van der Waals surface area contributed by atoms with Crippen molar-refractivity contribution in [3.05, 3.63) is 29.6 Å². The highest BCUT2D eigenvalue weighted by molar-refractivity contribution is 5.96. The predicted molar refractivity (Wildman–Crippen MR) is 94.8 cm³/mol. The van der Waals surface area contributed by atoms with Gasteiger partial charge in [-0.1, -0.05) is 6.42 Å². The zero-order valence-electron chi connectivity index (χ0n) is 15.1. The van der Waals surface area contributed by atoms with Crippen molar-refractivity contribution in [2.45, 2.75) is 32.2 Å². The van der Waals surface area contributed by atoms with Crippen molar-refractivity contribution in [1.29, 1.82) is 0 Å². The Balaban J connectivity index is 1.95. The smallest absolute Gasteiger partial charge is 0.369 e. The molecular weight excluding hydrogens is 334 g/mol. The van der Waals surface area contributed by atoms with Crippen LogP contribution in [0, 0.1) is 12.8 Å². The number of aromatic nitrogens is 1. The Morgan fingerprint density at radius 3 is 2.35 bits per heavy atom. The Hall–Kier alpha value is -2.32. The second-order valence-corrected chi connectivity index (χ2v) is 7.34. The Morgan fingerprint density at radius 2 is 1.81 bits per heavy atom. The Morgan fingerprint density at radius 1 is 1.12 bits per heavy atom. The normalized spacial score (nSPS) is 29.4. The maximum atomic E-state index is 13.2. The number of nitrogens with zero attached hydrogens (tertiary/aromatic N) is 3. The maximum Gasteiger partial charge on any atom is 0.421 e. The van der Waals surface area contributed by atoms with Crippen molar-refractivity contribution in [2.75, 3.05) is 26.2 Å². The van der Waals surface area contributed by atoms with E-state index in [1.807, 2.05) is 6.92 Å². The summed E-state index contributed by atoms with van der Waals surface area (Å²) in [6.45, 7) is 3.69. The Bertz CT molecular complexity index is 714. The summed E-state index contributed by atoms with van der Waals surface area (Å²) in [4.78, 5) is 44.0. The number of carbonyl (C=O) groups excluding carboxylic acids is 3. The van der Waals surface area contributed by atoms with Crippen molar-refractivity contribution >= 4 is 17.8 Å². The van der Waals surface area contributed by atoms with Gasteiger partial charge in [-0.15, -0.1) is 0 Å². The second-order valence-electron chi connectivity index (χ2n) is 7.34. The van der Waals surface area contributed by atoms with Gasteiger partial charge in [0.1, 0.15) is 19.0 Å². The fourth-order valence-electron chi connectivity index (χ4n) is 4.17. The number of carbonyl (C=O) groups is 3. The predicted octanol–water partition coefficient (Wildman–Crippen LogP) is 0.395. The van der Waals surface area contributed by atoms with Crippen LogP contribution in [0.25, 0.3) is 0 Å². The highest BCUT2D eigenvalue weighted by Gasteiger charge is 2.58. The number of primary amides is 2. The molecule has 2 aliphatic rings. The van der Waals surface area contributed by atoms with Crippen molar-refractivity contribution in [2.24, 2.45) is 17.4 Å². The van der Waals surface area contributed by atoms with Gasteiger partial charge in [-0.3, -0.25) is 14.7 Å². The van der Waals surface area contributed by atoms with Gasteiger partial charge < -0.3 is 11.5 Å². The topological polar surface area (TPSA) is 119 Å². The third-order valence-electron chi connectivity index (χ3n) is 5.67. The number of rotatable bonds is 3. The molecule has 2 fully saturated rings. The molecule has 2 unspecified atom stereocenters. The molecule has 0 aliphatic carbocycles. The largest absolute Gasteiger partial charge is 0.421 e. The molecule has 4 N–H and O–H groups in total. The Kier molecular flexibility index (Phi) is 5.06. The van der Waals surface area contributed by atoms with E-state index < -0.39 is 28.2 Å². The molecule has 8 nitrogen and oxygen atoms in total. The van der Waals surface area contributed by atoms with E-state index in [0.29, 0.717) is 5.56 Å². The SMILES string of the molecule is Cc1ccc(C(=O)[N+]2(C(N)=O)CC(C(N)=O)[C@@H](N3CCCCC3)C2)cn1. The van der Waals surface area contributed by atoms with Crippen LogP contribution in [0.1, 0.15) is 35.3 Å². The third kappa shape index (κ3) is 3.22. The van der Waals surface area contributed by atoms with Crippen LogP contribution in [0.4, 0.5) is 4.79 Å². The zero-order valence-corrected chi connectivity index (χ0v) is 15.1. The average Bonchev–Trinajstić information content (AvgIpc) is 3.05. The van der Waals surface area contributed by atoms with E-state index in [-0.39, 0.29) is 19.1 Å². The van der Waals surface area contributed by atoms with Crippen molar-refractivity contribution in [3.63, 3.8) is 0 Å². The molecule has 2 aliphatic heterocycles. The van der Waals surface area contributed by atoms with Gasteiger partial charge in [-0.25, -0.2) is 9.59 Å². The maximum absolute atomic E-state index is 13.2. The summed E-state index contributed by atoms with van der Waals surface area (Å²) in [5.41, 5.74) is 12.4. The molecule has 0 saturated carbocycles. The van der Waals surface area contributed by atoms with E-state index in [1.54, 1.807) is 12.1 Å². The molecule has 0 aromatic carbocycles. The fourth-order valence-corrected chi connectivity index (χ4v) is 4.17. The van der Waals surface area contributed by atoms with Gasteiger partial charge >= 0.3 is 11.9 Å². The number of urea groups is 1. The number of aryl methyl sites for hydroxylation is 1. The molecule has 0 radical (unpaired) electrons. The minimum atomic E-state index is -0.749. The number of hydrogen-bond donors (Lipinski definition) is 2. The van der Waals surface area contributed by atoms with Crippen LogP contribution in [0.3, 0.4) is 0 Å². The van der Waals surface area contributed by atoms with Crippen molar-refractivity contribution < 1.29 is 18.9 Å². The monoisotopic (exact) mass is 360 g/mol. The minimum absolute atomic E-state index is 0.0124. The molecule has 3 atom stereocenters. The number of hydrogen-bond acceptors (Lipinski definition) is 5. The number of amides is 4. The lowest BCUT2D eigenvalue weighted by atomic mass is 9.99. The standard InChI is InChI=1S/C18H25N5O3/c1-12-5-6-13(9-21-12)17(25)23(18(20)26)10-14(16(19)24)15(11-23)22-7-3-2-4-8-22/h5-6,9,14-15H,2-4,7-8,10-11H2,1H3,(H3-,19,20,24,26)/p+1/t14?,15-,23?/m0/s1. The molecule has 3 heterocycles. The van der Waals surface area contributed by atoms with Crippen LogP contribution in [0.5, 0.6) is 0 Å². The lowest BCUT2D eigenvalue weighted by Gasteiger charge is -2.33. The second kappa shape index (κ2) is 7.13. The molecule has 8 heteroatoms. The summed E-state index contributed by atoms with van der Waals surface area (Å²) in [6, 6.07) is 2.36. The summed E-state index contributed by atoms with van der Waals surface area (Å²) < 4.78 is -0.584. The van der Waals surface area contributed by atoms with E-state index in [2.05, 4.69) is 9.88 Å². The molecule has 3 rings (SSSR count). The van der Waals surface area contributed by atoms with E-state index in [4.69, 9.17) is 11.5 Å². The summed E-state index contributed by atoms with van der Waals surface area (Å²) in [5.74, 6) is -1.49. The number of pyridine rings is 1. The molecule has 0 spiro atoms. The van der Waals surface area contributed by atoms with Crippen molar-refractivity contribution in [1.82, 2.24) is 9.88 Å². The summed E-state index contributed by atoms with van der Waals surface area (Å²) in [5, 5.41) is 0. The van der Waals surface area contributed by atoms with Gasteiger partial charge in [0.2, 0.25) is 5.91 Å². The van der Waals surface area contributed by atoms with Gasteiger partial charge in [0.05, 0.1) is 11.6 Å². The van der Waals surface area contributed by atoms with E-state index in [0.717, 1.165) is 38.0 Å². The highest BCUT2D eigenvalue weighted by atomic mass is 16.2. The van der Waals surface area contributed by atoms with Gasteiger partial charge in [0.15, 0.2) is 0 Å². The third-order valence-corrected chi connectivity index (χ3v) is 5.67. The van der Waals surface area contributed by atoms with Gasteiger partial charge in [-0.2, -0.15) is 4.48 Å². The lowest BCUT2D eigenvalue weighted by molar-refractivity contribution is -0.754. The first-order valence-corrected chi connectivity index (χ1v) is 9.03. The van der Waals surface area contributed by atoms with E-state index in [9.17, 15) is 14.4 Å². The first-order chi connectivity index (χ1) is 12.3. The lowest BCUT2D eigenvalue weighted by Crippen LogP contribution is -2.59. The quantitative estimate of drug-likeness (QED) is 0.756. The van der Waals surface area contributed by atoms with Gasteiger partial charge in [0.25, 0.3) is 0 Å². The summed E-state index contributed by atoms with van der Waals surface area (Å²) in [7, 11) is 0. The first-order valence-electron chi connectivity index (χ1n) is 9.03. The highest BCUT2D eigenvalue weighted by Crippen LogP contribution is 2.32.